The van der Waals surface area contributed by atoms with E-state index in [1.807, 2.05) is 0 Å². The summed E-state index contributed by atoms with van der Waals surface area (Å²) in [6.07, 6.45) is 4.21. The van der Waals surface area contributed by atoms with E-state index in [0.717, 1.165) is 37.2 Å². The predicted octanol–water partition coefficient (Wildman–Crippen LogP) is 0.714. The monoisotopic (exact) mass is 291 g/mol. The van der Waals surface area contributed by atoms with Gasteiger partial charge in [0.05, 0.1) is 13.1 Å². The van der Waals surface area contributed by atoms with Crippen LogP contribution in [0.3, 0.4) is 0 Å². The van der Waals surface area contributed by atoms with Gasteiger partial charge in [-0.25, -0.2) is 9.97 Å². The number of nitrogens with one attached hydrogen (secondary N) is 2. The number of carbonyl (C=O) groups is 2. The van der Waals surface area contributed by atoms with E-state index in [0.29, 0.717) is 5.82 Å². The Balaban J connectivity index is 2.32. The highest BCUT2D eigenvalue weighted by Crippen LogP contribution is 2.25. The lowest BCUT2D eigenvalue weighted by atomic mass is 10.1. The maximum atomic E-state index is 11.6. The fourth-order valence-electron chi connectivity index (χ4n) is 2.34. The Morgan fingerprint density at radius 3 is 2.52 bits per heavy atom. The van der Waals surface area contributed by atoms with E-state index in [4.69, 9.17) is 0 Å². The second-order valence-corrected chi connectivity index (χ2v) is 5.03. The molecule has 0 aromatic carbocycles. The van der Waals surface area contributed by atoms with Crippen molar-refractivity contribution in [2.24, 2.45) is 0 Å². The van der Waals surface area contributed by atoms with Gasteiger partial charge in [-0.1, -0.05) is 20.3 Å². The van der Waals surface area contributed by atoms with Gasteiger partial charge in [-0.05, 0) is 12.8 Å². The van der Waals surface area contributed by atoms with Crippen LogP contribution >= 0.6 is 0 Å². The summed E-state index contributed by atoms with van der Waals surface area (Å²) in [6, 6.07) is 0. The SMILES string of the molecule is CCCNc1ncnc(N2CC(=O)NC(=O)C2)c1CCC. The molecule has 114 valence electrons. The molecule has 0 aliphatic carbocycles. The van der Waals surface area contributed by atoms with Crippen LogP contribution in [-0.4, -0.2) is 41.4 Å². The molecule has 0 unspecified atom stereocenters. The van der Waals surface area contributed by atoms with Gasteiger partial charge < -0.3 is 10.2 Å². The van der Waals surface area contributed by atoms with Gasteiger partial charge in [0, 0.05) is 12.1 Å². The third-order valence-corrected chi connectivity index (χ3v) is 3.21. The first kappa shape index (κ1) is 15.2. The van der Waals surface area contributed by atoms with Crippen LogP contribution in [0.2, 0.25) is 0 Å². The summed E-state index contributed by atoms with van der Waals surface area (Å²) in [5.41, 5.74) is 0.968. The predicted molar refractivity (Wildman–Crippen MR) is 80.2 cm³/mol. The van der Waals surface area contributed by atoms with Crippen LogP contribution in [0, 0.1) is 0 Å². The van der Waals surface area contributed by atoms with Crippen molar-refractivity contribution in [2.75, 3.05) is 29.9 Å². The molecular weight excluding hydrogens is 270 g/mol. The number of hydrogen-bond donors (Lipinski definition) is 2. The molecule has 1 aromatic rings. The van der Waals surface area contributed by atoms with Crippen molar-refractivity contribution in [3.05, 3.63) is 11.9 Å². The van der Waals surface area contributed by atoms with Crippen LogP contribution in [0.15, 0.2) is 6.33 Å². The van der Waals surface area contributed by atoms with E-state index in [1.54, 1.807) is 4.90 Å². The molecule has 0 spiro atoms. The summed E-state index contributed by atoms with van der Waals surface area (Å²) in [5.74, 6) is 0.876. The van der Waals surface area contributed by atoms with Crippen molar-refractivity contribution < 1.29 is 9.59 Å². The van der Waals surface area contributed by atoms with E-state index >= 15 is 0 Å². The normalized spacial score (nSPS) is 15.0. The summed E-state index contributed by atoms with van der Waals surface area (Å²) >= 11 is 0. The van der Waals surface area contributed by atoms with E-state index in [-0.39, 0.29) is 24.9 Å². The molecule has 1 aliphatic heterocycles. The Morgan fingerprint density at radius 1 is 1.19 bits per heavy atom. The molecular formula is C14H21N5O2. The van der Waals surface area contributed by atoms with Crippen LogP contribution in [0.25, 0.3) is 0 Å². The molecule has 2 rings (SSSR count). The van der Waals surface area contributed by atoms with Crippen molar-refractivity contribution in [3.63, 3.8) is 0 Å². The molecule has 2 N–H and O–H groups in total. The summed E-state index contributed by atoms with van der Waals surface area (Å²) < 4.78 is 0. The summed E-state index contributed by atoms with van der Waals surface area (Å²) in [5, 5.41) is 5.59. The first-order chi connectivity index (χ1) is 10.2. The second-order valence-electron chi connectivity index (χ2n) is 5.03. The zero-order valence-corrected chi connectivity index (χ0v) is 12.5. The third kappa shape index (κ3) is 3.68. The molecule has 1 fully saturated rings. The molecule has 2 amide bonds. The lowest BCUT2D eigenvalue weighted by molar-refractivity contribution is -0.130. The first-order valence-electron chi connectivity index (χ1n) is 7.31. The maximum absolute atomic E-state index is 11.6. The average molecular weight is 291 g/mol. The molecule has 7 heteroatoms. The molecule has 1 aliphatic rings. The molecule has 0 atom stereocenters. The van der Waals surface area contributed by atoms with Crippen LogP contribution < -0.4 is 15.5 Å². The largest absolute Gasteiger partial charge is 0.370 e. The van der Waals surface area contributed by atoms with Gasteiger partial charge in [0.1, 0.15) is 18.0 Å². The van der Waals surface area contributed by atoms with E-state index in [9.17, 15) is 9.59 Å². The molecule has 1 saturated heterocycles. The lowest BCUT2D eigenvalue weighted by Crippen LogP contribution is -2.52. The Bertz CT molecular complexity index is 516. The Morgan fingerprint density at radius 2 is 1.90 bits per heavy atom. The van der Waals surface area contributed by atoms with Gasteiger partial charge in [-0.15, -0.1) is 0 Å². The molecule has 0 radical (unpaired) electrons. The Hall–Kier alpha value is -2.18. The fraction of sp³-hybridized carbons (Fsp3) is 0.571. The van der Waals surface area contributed by atoms with Gasteiger partial charge in [-0.2, -0.15) is 0 Å². The van der Waals surface area contributed by atoms with Crippen molar-refractivity contribution >= 4 is 23.5 Å². The molecule has 0 saturated carbocycles. The number of amides is 2. The van der Waals surface area contributed by atoms with Crippen LogP contribution in [0.1, 0.15) is 32.3 Å². The number of anilines is 2. The third-order valence-electron chi connectivity index (χ3n) is 3.21. The molecule has 0 bridgehead atoms. The van der Waals surface area contributed by atoms with Crippen LogP contribution in [0.5, 0.6) is 0 Å². The maximum Gasteiger partial charge on any atom is 0.246 e. The van der Waals surface area contributed by atoms with E-state index in [1.165, 1.54) is 6.33 Å². The van der Waals surface area contributed by atoms with Crippen molar-refractivity contribution in [3.8, 4) is 0 Å². The second kappa shape index (κ2) is 7.01. The minimum absolute atomic E-state index is 0.146. The lowest BCUT2D eigenvalue weighted by Gasteiger charge is -2.28. The Kier molecular flexibility index (Phi) is 5.08. The van der Waals surface area contributed by atoms with Gasteiger partial charge in [-0.3, -0.25) is 14.9 Å². The number of nitrogens with zero attached hydrogens (tertiary/aromatic N) is 3. The minimum atomic E-state index is -0.296. The summed E-state index contributed by atoms with van der Waals surface area (Å²) in [6.45, 7) is 5.28. The summed E-state index contributed by atoms with van der Waals surface area (Å²) in [4.78, 5) is 33.4. The fourth-order valence-corrected chi connectivity index (χ4v) is 2.34. The average Bonchev–Trinajstić information content (AvgIpc) is 2.45. The van der Waals surface area contributed by atoms with Gasteiger partial charge in [0.25, 0.3) is 0 Å². The number of hydrogen-bond acceptors (Lipinski definition) is 6. The highest BCUT2D eigenvalue weighted by atomic mass is 16.2. The van der Waals surface area contributed by atoms with E-state index < -0.39 is 0 Å². The molecule has 21 heavy (non-hydrogen) atoms. The zero-order valence-electron chi connectivity index (χ0n) is 12.5. The van der Waals surface area contributed by atoms with Gasteiger partial charge in [0.2, 0.25) is 11.8 Å². The highest BCUT2D eigenvalue weighted by Gasteiger charge is 2.26. The van der Waals surface area contributed by atoms with Crippen LogP contribution in [-0.2, 0) is 16.0 Å². The molecule has 2 heterocycles. The highest BCUT2D eigenvalue weighted by molar-refractivity contribution is 6.02. The molecule has 1 aromatic heterocycles. The van der Waals surface area contributed by atoms with Crippen molar-refractivity contribution in [1.82, 2.24) is 15.3 Å². The van der Waals surface area contributed by atoms with Gasteiger partial charge >= 0.3 is 0 Å². The van der Waals surface area contributed by atoms with Crippen LogP contribution in [0.4, 0.5) is 11.6 Å². The van der Waals surface area contributed by atoms with Gasteiger partial charge in [0.15, 0.2) is 0 Å². The molecule has 7 nitrogen and oxygen atoms in total. The number of rotatable bonds is 6. The number of carbonyl (C=O) groups excluding carboxylic acids is 2. The van der Waals surface area contributed by atoms with Crippen molar-refractivity contribution in [1.29, 1.82) is 0 Å². The topological polar surface area (TPSA) is 87.2 Å². The number of imide groups is 1. The van der Waals surface area contributed by atoms with Crippen molar-refractivity contribution in [2.45, 2.75) is 33.1 Å². The Labute approximate surface area is 124 Å². The van der Waals surface area contributed by atoms with E-state index in [2.05, 4.69) is 34.4 Å². The quantitative estimate of drug-likeness (QED) is 0.751. The number of aromatic nitrogens is 2. The summed E-state index contributed by atoms with van der Waals surface area (Å²) in [7, 11) is 0. The standard InChI is InChI=1S/C14H21N5O2/c1-3-5-10-13(15-6-4-2)16-9-17-14(10)19-7-11(20)18-12(21)8-19/h9H,3-8H2,1-2H3,(H,15,16,17)(H,18,20,21). The smallest absolute Gasteiger partial charge is 0.246 e. The zero-order chi connectivity index (χ0) is 15.2. The first-order valence-corrected chi connectivity index (χ1v) is 7.31. The number of piperazine rings is 1. The minimum Gasteiger partial charge on any atom is -0.370 e.